The van der Waals surface area contributed by atoms with Crippen LogP contribution in [0.15, 0.2) is 24.0 Å². The molecule has 17 heavy (non-hydrogen) atoms. The number of aliphatic hydroxyl groups is 1. The van der Waals surface area contributed by atoms with Crippen LogP contribution >= 0.6 is 22.9 Å². The van der Waals surface area contributed by atoms with E-state index in [0.717, 1.165) is 11.3 Å². The van der Waals surface area contributed by atoms with E-state index in [2.05, 4.69) is 4.98 Å². The van der Waals surface area contributed by atoms with Gasteiger partial charge in [0.05, 0.1) is 10.2 Å². The Balaban J connectivity index is 2.44. The maximum atomic E-state index is 12.1. The zero-order valence-corrected chi connectivity index (χ0v) is 9.70. The predicted molar refractivity (Wildman–Crippen MR) is 61.3 cm³/mol. The molecule has 0 spiro atoms. The van der Waals surface area contributed by atoms with Gasteiger partial charge in [0.25, 0.3) is 0 Å². The summed E-state index contributed by atoms with van der Waals surface area (Å²) in [6, 6.07) is 4.84. The number of halogens is 4. The summed E-state index contributed by atoms with van der Waals surface area (Å²) in [6.45, 7) is 0. The number of rotatable bonds is 1. The molecule has 7 heteroatoms. The van der Waals surface area contributed by atoms with E-state index in [1.165, 1.54) is 0 Å². The van der Waals surface area contributed by atoms with Gasteiger partial charge in [-0.3, -0.25) is 0 Å². The van der Waals surface area contributed by atoms with Crippen LogP contribution in [0.1, 0.15) is 5.01 Å². The van der Waals surface area contributed by atoms with Crippen molar-refractivity contribution in [2.75, 3.05) is 0 Å². The van der Waals surface area contributed by atoms with Crippen molar-refractivity contribution in [3.05, 3.63) is 34.0 Å². The molecule has 0 aliphatic rings. The van der Waals surface area contributed by atoms with Crippen LogP contribution in [0.3, 0.4) is 0 Å². The van der Waals surface area contributed by atoms with Crippen LogP contribution in [0.2, 0.25) is 5.02 Å². The number of allylic oxidation sites excluding steroid dienone is 1. The van der Waals surface area contributed by atoms with Gasteiger partial charge >= 0.3 is 6.18 Å². The number of fused-ring (bicyclic) bond motifs is 1. The topological polar surface area (TPSA) is 33.1 Å². The van der Waals surface area contributed by atoms with Crippen molar-refractivity contribution in [2.24, 2.45) is 0 Å². The average molecular weight is 280 g/mol. The summed E-state index contributed by atoms with van der Waals surface area (Å²) in [5, 5.41) is 9.33. The molecule has 1 N–H and O–H groups in total. The van der Waals surface area contributed by atoms with Crippen molar-refractivity contribution >= 4 is 39.2 Å². The Morgan fingerprint density at radius 3 is 2.76 bits per heavy atom. The highest BCUT2D eigenvalue weighted by molar-refractivity contribution is 7.19. The minimum Gasteiger partial charge on any atom is -0.504 e. The largest absolute Gasteiger partial charge is 0.504 e. The number of aromatic nitrogens is 1. The molecule has 0 amide bonds. The third-order valence-corrected chi connectivity index (χ3v) is 3.14. The summed E-state index contributed by atoms with van der Waals surface area (Å²) in [6.07, 6.45) is -4.16. The Labute approximate surface area is 103 Å². The van der Waals surface area contributed by atoms with Crippen LogP contribution in [-0.2, 0) is 0 Å². The van der Waals surface area contributed by atoms with Crippen molar-refractivity contribution < 1.29 is 18.3 Å². The summed E-state index contributed by atoms with van der Waals surface area (Å²) in [5.74, 6) is -1.66. The lowest BCUT2D eigenvalue weighted by Gasteiger charge is -2.02. The zero-order valence-electron chi connectivity index (χ0n) is 8.12. The second-order valence-corrected chi connectivity index (χ2v) is 4.69. The molecule has 2 nitrogen and oxygen atoms in total. The molecular weight excluding hydrogens is 275 g/mol. The second-order valence-electron chi connectivity index (χ2n) is 3.19. The average Bonchev–Trinajstić information content (AvgIpc) is 2.57. The van der Waals surface area contributed by atoms with Crippen molar-refractivity contribution in [1.82, 2.24) is 4.98 Å². The van der Waals surface area contributed by atoms with Gasteiger partial charge in [-0.1, -0.05) is 11.6 Å². The molecule has 0 saturated carbocycles. The maximum Gasteiger partial charge on any atom is 0.448 e. The van der Waals surface area contributed by atoms with Crippen molar-refractivity contribution in [1.29, 1.82) is 0 Å². The summed E-state index contributed by atoms with van der Waals surface area (Å²) in [4.78, 5) is 3.92. The van der Waals surface area contributed by atoms with E-state index >= 15 is 0 Å². The molecule has 1 heterocycles. The summed E-state index contributed by atoms with van der Waals surface area (Å²) >= 11 is 6.77. The SMILES string of the molecule is OC(=Cc1nc2cc(Cl)ccc2s1)C(F)(F)F. The molecule has 0 bridgehead atoms. The Morgan fingerprint density at radius 2 is 2.12 bits per heavy atom. The van der Waals surface area contributed by atoms with E-state index in [9.17, 15) is 13.2 Å². The molecule has 0 saturated heterocycles. The molecule has 0 aliphatic carbocycles. The molecule has 0 fully saturated rings. The maximum absolute atomic E-state index is 12.1. The Morgan fingerprint density at radius 1 is 1.41 bits per heavy atom. The first-order valence-corrected chi connectivity index (χ1v) is 5.59. The van der Waals surface area contributed by atoms with Crippen LogP contribution in [-0.4, -0.2) is 16.3 Å². The number of alkyl halides is 3. The quantitative estimate of drug-likeness (QED) is 0.784. The van der Waals surface area contributed by atoms with Crippen LogP contribution in [0.25, 0.3) is 16.3 Å². The fraction of sp³-hybridized carbons (Fsp3) is 0.100. The third-order valence-electron chi connectivity index (χ3n) is 1.92. The van der Waals surface area contributed by atoms with Crippen molar-refractivity contribution in [3.63, 3.8) is 0 Å². The highest BCUT2D eigenvalue weighted by atomic mass is 35.5. The number of thiazole rings is 1. The van der Waals surface area contributed by atoms with Crippen LogP contribution < -0.4 is 0 Å². The number of hydrogen-bond acceptors (Lipinski definition) is 3. The molecule has 2 rings (SSSR count). The number of hydrogen-bond donors (Lipinski definition) is 1. The summed E-state index contributed by atoms with van der Waals surface area (Å²) in [5.41, 5.74) is 0.503. The molecule has 0 aliphatic heterocycles. The molecule has 0 radical (unpaired) electrons. The molecule has 1 aromatic heterocycles. The first-order chi connectivity index (χ1) is 7.86. The molecular formula is C10H5ClF3NOS. The van der Waals surface area contributed by atoms with E-state index in [4.69, 9.17) is 16.7 Å². The summed E-state index contributed by atoms with van der Waals surface area (Å²) in [7, 11) is 0. The molecule has 0 unspecified atom stereocenters. The van der Waals surface area contributed by atoms with Gasteiger partial charge in [0.1, 0.15) is 5.01 Å². The van der Waals surface area contributed by atoms with Gasteiger partial charge in [0, 0.05) is 11.1 Å². The van der Waals surface area contributed by atoms with Gasteiger partial charge in [0.15, 0.2) is 0 Å². The first kappa shape index (κ1) is 12.2. The van der Waals surface area contributed by atoms with Crippen LogP contribution in [0.5, 0.6) is 0 Å². The lowest BCUT2D eigenvalue weighted by molar-refractivity contribution is -0.119. The van der Waals surface area contributed by atoms with Gasteiger partial charge in [-0.15, -0.1) is 11.3 Å². The van der Waals surface area contributed by atoms with Gasteiger partial charge < -0.3 is 5.11 Å². The minimum atomic E-state index is -4.75. The van der Waals surface area contributed by atoms with Gasteiger partial charge in [-0.2, -0.15) is 13.2 Å². The Hall–Kier alpha value is -1.27. The van der Waals surface area contributed by atoms with Gasteiger partial charge in [0.2, 0.25) is 5.76 Å². The summed E-state index contributed by atoms with van der Waals surface area (Å²) < 4.78 is 37.0. The monoisotopic (exact) mass is 279 g/mol. The normalized spacial score (nSPS) is 13.3. The van der Waals surface area contributed by atoms with Crippen LogP contribution in [0.4, 0.5) is 13.2 Å². The number of aliphatic hydroxyl groups excluding tert-OH is 1. The Kier molecular flexibility index (Phi) is 3.01. The molecule has 2 aromatic rings. The van der Waals surface area contributed by atoms with Crippen LogP contribution in [0, 0.1) is 0 Å². The van der Waals surface area contributed by atoms with E-state index < -0.39 is 11.9 Å². The van der Waals surface area contributed by atoms with Gasteiger partial charge in [-0.25, -0.2) is 4.98 Å². The van der Waals surface area contributed by atoms with Gasteiger partial charge in [-0.05, 0) is 18.2 Å². The minimum absolute atomic E-state index is 0.0806. The van der Waals surface area contributed by atoms with Crippen molar-refractivity contribution in [3.8, 4) is 0 Å². The third kappa shape index (κ3) is 2.70. The second kappa shape index (κ2) is 4.19. The highest BCUT2D eigenvalue weighted by Gasteiger charge is 2.33. The fourth-order valence-corrected chi connectivity index (χ4v) is 2.23. The fourth-order valence-electron chi connectivity index (χ4n) is 1.18. The smallest absolute Gasteiger partial charge is 0.448 e. The molecule has 0 atom stereocenters. The van der Waals surface area contributed by atoms with Crippen molar-refractivity contribution in [2.45, 2.75) is 6.18 Å². The first-order valence-electron chi connectivity index (χ1n) is 4.40. The predicted octanol–water partition coefficient (Wildman–Crippen LogP) is 4.41. The standard InChI is InChI=1S/C10H5ClF3NOS/c11-5-1-2-7-6(3-5)15-9(17-7)4-8(16)10(12,13)14/h1-4,16H. The Bertz CT molecular complexity index is 591. The highest BCUT2D eigenvalue weighted by Crippen LogP contribution is 2.29. The number of nitrogens with zero attached hydrogens (tertiary/aromatic N) is 1. The lowest BCUT2D eigenvalue weighted by Crippen LogP contribution is -2.10. The van der Waals surface area contributed by atoms with E-state index in [-0.39, 0.29) is 5.01 Å². The molecule has 1 aromatic carbocycles. The molecule has 90 valence electrons. The van der Waals surface area contributed by atoms with E-state index in [0.29, 0.717) is 21.3 Å². The zero-order chi connectivity index (χ0) is 12.6. The lowest BCUT2D eigenvalue weighted by atomic mass is 10.3. The van der Waals surface area contributed by atoms with E-state index in [1.54, 1.807) is 18.2 Å². The number of benzene rings is 1. The van der Waals surface area contributed by atoms with E-state index in [1.807, 2.05) is 0 Å².